The topological polar surface area (TPSA) is 43.9 Å². The van der Waals surface area contributed by atoms with Crippen molar-refractivity contribution < 1.29 is 9.59 Å². The van der Waals surface area contributed by atoms with Crippen molar-refractivity contribution in [3.8, 4) is 0 Å². The average Bonchev–Trinajstić information content (AvgIpc) is 2.54. The quantitative estimate of drug-likeness (QED) is 0.740. The summed E-state index contributed by atoms with van der Waals surface area (Å²) in [5.41, 5.74) is 1.90. The van der Waals surface area contributed by atoms with Crippen LogP contribution in [0.1, 0.15) is 11.6 Å². The van der Waals surface area contributed by atoms with Gasteiger partial charge in [0.25, 0.3) is 5.91 Å². The zero-order valence-corrected chi connectivity index (χ0v) is 11.0. The number of nitrogens with zero attached hydrogens (tertiary/aromatic N) is 3. The van der Waals surface area contributed by atoms with Crippen molar-refractivity contribution in [3.63, 3.8) is 0 Å². The number of hydrogen-bond acceptors (Lipinski definition) is 3. The molecule has 1 aliphatic heterocycles. The number of likely N-dealkylation sites (N-methyl/N-ethyl adjacent to an activating group) is 2. The van der Waals surface area contributed by atoms with Crippen LogP contribution in [0.25, 0.3) is 0 Å². The maximum absolute atomic E-state index is 12.0. The first kappa shape index (κ1) is 12.4. The van der Waals surface area contributed by atoms with Gasteiger partial charge in [0.1, 0.15) is 6.04 Å². The van der Waals surface area contributed by atoms with Gasteiger partial charge in [-0.2, -0.15) is 0 Å². The molecule has 1 heterocycles. The standard InChI is InChI=1S/C13H17N3O2/c1-14(2)10-7-5-9(6-8-10)11-12(17)16(4)13(18)15(11)3/h5-8,11H,1-4H3. The number of imide groups is 1. The summed E-state index contributed by atoms with van der Waals surface area (Å²) in [7, 11) is 7.07. The first-order valence-corrected chi connectivity index (χ1v) is 5.75. The Balaban J connectivity index is 2.32. The Morgan fingerprint density at radius 2 is 1.61 bits per heavy atom. The Labute approximate surface area is 107 Å². The van der Waals surface area contributed by atoms with Gasteiger partial charge < -0.3 is 9.80 Å². The highest BCUT2D eigenvalue weighted by Crippen LogP contribution is 2.29. The number of anilines is 1. The molecule has 1 saturated heterocycles. The van der Waals surface area contributed by atoms with Crippen LogP contribution in [0.15, 0.2) is 24.3 Å². The molecule has 5 heteroatoms. The van der Waals surface area contributed by atoms with Gasteiger partial charge >= 0.3 is 6.03 Å². The predicted molar refractivity (Wildman–Crippen MR) is 69.4 cm³/mol. The Morgan fingerprint density at radius 3 is 2.00 bits per heavy atom. The summed E-state index contributed by atoms with van der Waals surface area (Å²) < 4.78 is 0. The first-order valence-electron chi connectivity index (χ1n) is 5.75. The molecule has 0 N–H and O–H groups in total. The Morgan fingerprint density at radius 1 is 1.06 bits per heavy atom. The number of urea groups is 1. The summed E-state index contributed by atoms with van der Waals surface area (Å²) in [5.74, 6) is -0.180. The summed E-state index contributed by atoms with van der Waals surface area (Å²) in [6, 6.07) is 6.90. The van der Waals surface area contributed by atoms with Crippen molar-refractivity contribution in [1.29, 1.82) is 0 Å². The van der Waals surface area contributed by atoms with Gasteiger partial charge in [0.2, 0.25) is 0 Å². The molecular weight excluding hydrogens is 230 g/mol. The van der Waals surface area contributed by atoms with Crippen LogP contribution in [-0.4, -0.2) is 49.9 Å². The van der Waals surface area contributed by atoms with Crippen LogP contribution in [0.2, 0.25) is 0 Å². The van der Waals surface area contributed by atoms with Crippen molar-refractivity contribution in [2.24, 2.45) is 0 Å². The molecule has 0 radical (unpaired) electrons. The summed E-state index contributed by atoms with van der Waals surface area (Å²) in [6.45, 7) is 0. The molecule has 0 aliphatic carbocycles. The molecule has 18 heavy (non-hydrogen) atoms. The molecule has 1 atom stereocenters. The van der Waals surface area contributed by atoms with E-state index in [9.17, 15) is 9.59 Å². The molecule has 1 unspecified atom stereocenters. The summed E-state index contributed by atoms with van der Waals surface area (Å²) in [6.07, 6.45) is 0. The highest BCUT2D eigenvalue weighted by molar-refractivity contribution is 6.04. The van der Waals surface area contributed by atoms with Crippen LogP contribution in [0.5, 0.6) is 0 Å². The predicted octanol–water partition coefficient (Wildman–Crippen LogP) is 1.32. The van der Waals surface area contributed by atoms with E-state index in [0.29, 0.717) is 0 Å². The fourth-order valence-corrected chi connectivity index (χ4v) is 2.11. The highest BCUT2D eigenvalue weighted by Gasteiger charge is 2.41. The molecule has 5 nitrogen and oxygen atoms in total. The third kappa shape index (κ3) is 1.81. The minimum atomic E-state index is -0.501. The third-order valence-electron chi connectivity index (χ3n) is 3.27. The third-order valence-corrected chi connectivity index (χ3v) is 3.27. The smallest absolute Gasteiger partial charge is 0.327 e. The number of amides is 3. The summed E-state index contributed by atoms with van der Waals surface area (Å²) >= 11 is 0. The largest absolute Gasteiger partial charge is 0.378 e. The molecule has 0 saturated carbocycles. The monoisotopic (exact) mass is 247 g/mol. The average molecular weight is 247 g/mol. The highest BCUT2D eigenvalue weighted by atomic mass is 16.2. The van der Waals surface area contributed by atoms with E-state index in [2.05, 4.69) is 0 Å². The van der Waals surface area contributed by atoms with E-state index in [1.807, 2.05) is 43.3 Å². The summed E-state index contributed by atoms with van der Waals surface area (Å²) in [4.78, 5) is 28.3. The molecule has 96 valence electrons. The van der Waals surface area contributed by atoms with Crippen LogP contribution < -0.4 is 4.90 Å². The van der Waals surface area contributed by atoms with Gasteiger partial charge in [-0.3, -0.25) is 9.69 Å². The number of hydrogen-bond donors (Lipinski definition) is 0. The second-order valence-corrected chi connectivity index (χ2v) is 4.68. The van der Waals surface area contributed by atoms with Gasteiger partial charge in [-0.25, -0.2) is 4.79 Å². The van der Waals surface area contributed by atoms with Crippen molar-refractivity contribution in [3.05, 3.63) is 29.8 Å². The molecule has 2 rings (SSSR count). The fraction of sp³-hybridized carbons (Fsp3) is 0.385. The second-order valence-electron chi connectivity index (χ2n) is 4.68. The molecule has 3 amide bonds. The van der Waals surface area contributed by atoms with E-state index < -0.39 is 6.04 Å². The van der Waals surface area contributed by atoms with E-state index in [0.717, 1.165) is 16.2 Å². The van der Waals surface area contributed by atoms with Crippen molar-refractivity contribution in [2.75, 3.05) is 33.1 Å². The number of rotatable bonds is 2. The van der Waals surface area contributed by atoms with Crippen LogP contribution in [-0.2, 0) is 4.79 Å². The van der Waals surface area contributed by atoms with Gasteiger partial charge in [-0.1, -0.05) is 12.1 Å². The molecule has 0 bridgehead atoms. The zero-order valence-electron chi connectivity index (χ0n) is 11.0. The number of carbonyl (C=O) groups excluding carboxylic acids is 2. The number of carbonyl (C=O) groups is 2. The number of benzene rings is 1. The van der Waals surface area contributed by atoms with Crippen LogP contribution >= 0.6 is 0 Å². The fourth-order valence-electron chi connectivity index (χ4n) is 2.11. The molecule has 0 spiro atoms. The van der Waals surface area contributed by atoms with E-state index in [-0.39, 0.29) is 11.9 Å². The normalized spacial score (nSPS) is 19.7. The lowest BCUT2D eigenvalue weighted by Gasteiger charge is -2.18. The molecular formula is C13H17N3O2. The lowest BCUT2D eigenvalue weighted by molar-refractivity contribution is -0.127. The lowest BCUT2D eigenvalue weighted by Crippen LogP contribution is -2.27. The van der Waals surface area contributed by atoms with Crippen LogP contribution in [0.3, 0.4) is 0 Å². The van der Waals surface area contributed by atoms with Gasteiger partial charge in [-0.15, -0.1) is 0 Å². The Kier molecular flexibility index (Phi) is 2.98. The van der Waals surface area contributed by atoms with Gasteiger partial charge in [-0.05, 0) is 17.7 Å². The van der Waals surface area contributed by atoms with Gasteiger partial charge in [0, 0.05) is 33.9 Å². The maximum Gasteiger partial charge on any atom is 0.327 e. The molecule has 1 fully saturated rings. The minimum absolute atomic E-state index is 0.180. The maximum atomic E-state index is 12.0. The SMILES string of the molecule is CN1C(=O)C(c2ccc(N(C)C)cc2)N(C)C1=O. The molecule has 0 aromatic heterocycles. The van der Waals surface area contributed by atoms with Crippen molar-refractivity contribution >= 4 is 17.6 Å². The lowest BCUT2D eigenvalue weighted by atomic mass is 10.1. The van der Waals surface area contributed by atoms with Gasteiger partial charge in [0.05, 0.1) is 0 Å². The molecule has 1 aliphatic rings. The van der Waals surface area contributed by atoms with Crippen molar-refractivity contribution in [1.82, 2.24) is 9.80 Å². The Hall–Kier alpha value is -2.04. The molecule has 1 aromatic rings. The zero-order chi connectivity index (χ0) is 13.4. The second kappa shape index (κ2) is 4.33. The summed E-state index contributed by atoms with van der Waals surface area (Å²) in [5, 5.41) is 0. The first-order chi connectivity index (χ1) is 8.43. The Bertz CT molecular complexity index is 482. The van der Waals surface area contributed by atoms with E-state index in [4.69, 9.17) is 0 Å². The minimum Gasteiger partial charge on any atom is -0.378 e. The molecule has 1 aromatic carbocycles. The van der Waals surface area contributed by atoms with E-state index in [1.54, 1.807) is 7.05 Å². The van der Waals surface area contributed by atoms with Crippen LogP contribution in [0, 0.1) is 0 Å². The van der Waals surface area contributed by atoms with E-state index in [1.165, 1.54) is 11.9 Å². The van der Waals surface area contributed by atoms with Crippen molar-refractivity contribution in [2.45, 2.75) is 6.04 Å². The van der Waals surface area contributed by atoms with Gasteiger partial charge in [0.15, 0.2) is 0 Å². The van der Waals surface area contributed by atoms with Crippen LogP contribution in [0.4, 0.5) is 10.5 Å². The van der Waals surface area contributed by atoms with E-state index >= 15 is 0 Å².